The molecule has 1 unspecified atom stereocenters. The summed E-state index contributed by atoms with van der Waals surface area (Å²) in [6.45, 7) is 0.130. The van der Waals surface area contributed by atoms with Crippen molar-refractivity contribution in [3.63, 3.8) is 0 Å². The zero-order valence-electron chi connectivity index (χ0n) is 7.18. The van der Waals surface area contributed by atoms with Gasteiger partial charge in [0.05, 0.1) is 6.61 Å². The summed E-state index contributed by atoms with van der Waals surface area (Å²) in [6, 6.07) is 0. The average Bonchev–Trinajstić information content (AvgIpc) is 1.82. The highest BCUT2D eigenvalue weighted by molar-refractivity contribution is 4.53. The molecule has 2 nitrogen and oxygen atoms in total. The Morgan fingerprint density at radius 2 is 1.91 bits per heavy atom. The van der Waals surface area contributed by atoms with Crippen LogP contribution in [0.2, 0.25) is 0 Å². The topological polar surface area (TPSA) is 12.5 Å². The first-order valence-electron chi connectivity index (χ1n) is 3.57. The van der Waals surface area contributed by atoms with E-state index in [0.29, 0.717) is 0 Å². The molecule has 0 saturated carbocycles. The molecular formula is C7H15F2NO. The fraction of sp³-hybridized carbons (Fsp3) is 1.00. The van der Waals surface area contributed by atoms with Crippen molar-refractivity contribution in [1.29, 1.82) is 0 Å². The molecule has 0 aliphatic heterocycles. The number of ether oxygens (including phenoxy) is 1. The minimum Gasteiger partial charge on any atom is -0.323 e. The lowest BCUT2D eigenvalue weighted by molar-refractivity contribution is -0.137. The number of hydrogen-bond acceptors (Lipinski definition) is 2. The van der Waals surface area contributed by atoms with Gasteiger partial charge in [-0.05, 0) is 20.0 Å². The quantitative estimate of drug-likeness (QED) is 0.614. The van der Waals surface area contributed by atoms with E-state index in [9.17, 15) is 8.78 Å². The normalized spacial score (nSPS) is 14.5. The molecular weight excluding hydrogens is 152 g/mol. The second kappa shape index (κ2) is 5.43. The summed E-state index contributed by atoms with van der Waals surface area (Å²) in [5.41, 5.74) is 0. The summed E-state index contributed by atoms with van der Waals surface area (Å²) < 4.78 is 27.1. The van der Waals surface area contributed by atoms with Gasteiger partial charge in [-0.2, -0.15) is 8.78 Å². The molecule has 0 amide bonds. The first kappa shape index (κ1) is 10.8. The highest BCUT2D eigenvalue weighted by Crippen LogP contribution is 2.01. The van der Waals surface area contributed by atoms with Crippen molar-refractivity contribution in [2.45, 2.75) is 13.5 Å². The molecule has 11 heavy (non-hydrogen) atoms. The third-order valence-electron chi connectivity index (χ3n) is 1.18. The highest BCUT2D eigenvalue weighted by atomic mass is 19.3. The number of hydrogen-bond donors (Lipinski definition) is 0. The number of alkyl halides is 2. The highest BCUT2D eigenvalue weighted by Gasteiger charge is 2.07. The Balaban J connectivity index is 3.29. The third kappa shape index (κ3) is 7.68. The second-order valence-electron chi connectivity index (χ2n) is 2.96. The number of rotatable bonds is 5. The Bertz CT molecular complexity index is 98.4. The van der Waals surface area contributed by atoms with Crippen LogP contribution >= 0.6 is 0 Å². The van der Waals surface area contributed by atoms with Crippen LogP contribution in [0.15, 0.2) is 0 Å². The van der Waals surface area contributed by atoms with Crippen molar-refractivity contribution in [2.75, 3.05) is 27.2 Å². The Morgan fingerprint density at radius 3 is 2.27 bits per heavy atom. The predicted octanol–water partition coefficient (Wildman–Crippen LogP) is 1.42. The first-order valence-corrected chi connectivity index (χ1v) is 3.57. The smallest absolute Gasteiger partial charge is 0.323 e. The molecule has 4 heteroatoms. The van der Waals surface area contributed by atoms with E-state index in [-0.39, 0.29) is 12.5 Å². The lowest BCUT2D eigenvalue weighted by Gasteiger charge is -2.16. The summed E-state index contributed by atoms with van der Waals surface area (Å²) in [7, 11) is 3.80. The molecule has 0 spiro atoms. The van der Waals surface area contributed by atoms with Crippen LogP contribution in [-0.4, -0.2) is 38.8 Å². The molecule has 1 atom stereocenters. The average molecular weight is 167 g/mol. The van der Waals surface area contributed by atoms with Crippen molar-refractivity contribution in [1.82, 2.24) is 4.90 Å². The molecule has 0 rings (SSSR count). The molecule has 68 valence electrons. The predicted molar refractivity (Wildman–Crippen MR) is 39.7 cm³/mol. The van der Waals surface area contributed by atoms with Crippen LogP contribution in [-0.2, 0) is 4.74 Å². The maximum Gasteiger partial charge on any atom is 0.345 e. The SMILES string of the molecule is CC(COC(F)F)CN(C)C. The summed E-state index contributed by atoms with van der Waals surface area (Å²) in [5, 5.41) is 0. The van der Waals surface area contributed by atoms with Gasteiger partial charge in [0.15, 0.2) is 0 Å². The molecule has 0 aromatic heterocycles. The monoisotopic (exact) mass is 167 g/mol. The van der Waals surface area contributed by atoms with Gasteiger partial charge in [0.1, 0.15) is 0 Å². The minimum atomic E-state index is -2.64. The van der Waals surface area contributed by atoms with Crippen LogP contribution < -0.4 is 0 Å². The van der Waals surface area contributed by atoms with Crippen molar-refractivity contribution in [3.05, 3.63) is 0 Å². The van der Waals surface area contributed by atoms with Gasteiger partial charge >= 0.3 is 6.61 Å². The fourth-order valence-electron chi connectivity index (χ4n) is 0.913. The number of nitrogens with zero attached hydrogens (tertiary/aromatic N) is 1. The molecule has 0 bridgehead atoms. The molecule has 0 radical (unpaired) electrons. The van der Waals surface area contributed by atoms with Crippen LogP contribution in [0.4, 0.5) is 8.78 Å². The van der Waals surface area contributed by atoms with Crippen LogP contribution in [0, 0.1) is 5.92 Å². The summed E-state index contributed by atoms with van der Waals surface area (Å²) >= 11 is 0. The zero-order chi connectivity index (χ0) is 8.85. The minimum absolute atomic E-state index is 0.121. The standard InChI is InChI=1S/C7H15F2NO/c1-6(4-10(2)3)5-11-7(8)9/h6-7H,4-5H2,1-3H3. The van der Waals surface area contributed by atoms with E-state index in [4.69, 9.17) is 0 Å². The number of halogens is 2. The van der Waals surface area contributed by atoms with Gasteiger partial charge in [0, 0.05) is 6.54 Å². The molecule has 0 aromatic carbocycles. The second-order valence-corrected chi connectivity index (χ2v) is 2.96. The van der Waals surface area contributed by atoms with Crippen molar-refractivity contribution >= 4 is 0 Å². The van der Waals surface area contributed by atoms with Gasteiger partial charge in [-0.1, -0.05) is 6.92 Å². The molecule has 0 aromatic rings. The van der Waals surface area contributed by atoms with Crippen molar-refractivity contribution in [3.8, 4) is 0 Å². The van der Waals surface area contributed by atoms with Gasteiger partial charge in [-0.25, -0.2) is 0 Å². The summed E-state index contributed by atoms with van der Waals surface area (Å²) in [5.74, 6) is 0.152. The summed E-state index contributed by atoms with van der Waals surface area (Å²) in [4.78, 5) is 1.94. The van der Waals surface area contributed by atoms with Gasteiger partial charge in [0.25, 0.3) is 0 Å². The Hall–Kier alpha value is -0.220. The van der Waals surface area contributed by atoms with E-state index in [0.717, 1.165) is 6.54 Å². The van der Waals surface area contributed by atoms with Crippen molar-refractivity contribution < 1.29 is 13.5 Å². The van der Waals surface area contributed by atoms with Crippen LogP contribution in [0.1, 0.15) is 6.92 Å². The maximum absolute atomic E-state index is 11.5. The van der Waals surface area contributed by atoms with E-state index < -0.39 is 6.61 Å². The Kier molecular flexibility index (Phi) is 5.32. The molecule has 0 aliphatic rings. The molecule has 0 heterocycles. The van der Waals surface area contributed by atoms with Crippen molar-refractivity contribution in [2.24, 2.45) is 5.92 Å². The maximum atomic E-state index is 11.5. The van der Waals surface area contributed by atoms with E-state index in [1.807, 2.05) is 25.9 Å². The zero-order valence-corrected chi connectivity index (χ0v) is 7.18. The molecule has 0 N–H and O–H groups in total. The van der Waals surface area contributed by atoms with Gasteiger partial charge in [-0.15, -0.1) is 0 Å². The Labute approximate surface area is 66.1 Å². The van der Waals surface area contributed by atoms with Crippen LogP contribution in [0.5, 0.6) is 0 Å². The summed E-state index contributed by atoms with van der Waals surface area (Å²) in [6.07, 6.45) is 0. The fourth-order valence-corrected chi connectivity index (χ4v) is 0.913. The molecule has 0 aliphatic carbocycles. The van der Waals surface area contributed by atoms with E-state index >= 15 is 0 Å². The third-order valence-corrected chi connectivity index (χ3v) is 1.18. The molecule has 0 fully saturated rings. The van der Waals surface area contributed by atoms with Gasteiger partial charge in [0.2, 0.25) is 0 Å². The van der Waals surface area contributed by atoms with E-state index in [2.05, 4.69) is 4.74 Å². The van der Waals surface area contributed by atoms with Crippen LogP contribution in [0.25, 0.3) is 0 Å². The first-order chi connectivity index (χ1) is 5.02. The van der Waals surface area contributed by atoms with Gasteiger partial charge < -0.3 is 9.64 Å². The van der Waals surface area contributed by atoms with E-state index in [1.54, 1.807) is 0 Å². The van der Waals surface area contributed by atoms with E-state index in [1.165, 1.54) is 0 Å². The van der Waals surface area contributed by atoms with Gasteiger partial charge in [-0.3, -0.25) is 0 Å². The molecule has 0 saturated heterocycles. The Morgan fingerprint density at radius 1 is 1.36 bits per heavy atom. The lowest BCUT2D eigenvalue weighted by Crippen LogP contribution is -2.23. The largest absolute Gasteiger partial charge is 0.345 e. The van der Waals surface area contributed by atoms with Crippen LogP contribution in [0.3, 0.4) is 0 Å². The lowest BCUT2D eigenvalue weighted by atomic mass is 10.2.